The van der Waals surface area contributed by atoms with Gasteiger partial charge >= 0.3 is 0 Å². The fourth-order valence-electron chi connectivity index (χ4n) is 4.06. The van der Waals surface area contributed by atoms with Gasteiger partial charge in [0.15, 0.2) is 5.69 Å². The summed E-state index contributed by atoms with van der Waals surface area (Å²) in [6.45, 7) is 2.27. The number of hydrogen-bond donors (Lipinski definition) is 2. The van der Waals surface area contributed by atoms with Gasteiger partial charge < -0.3 is 15.0 Å². The van der Waals surface area contributed by atoms with Crippen LogP contribution in [-0.4, -0.2) is 47.7 Å². The van der Waals surface area contributed by atoms with Crippen molar-refractivity contribution in [3.63, 3.8) is 0 Å². The Bertz CT molecular complexity index is 793. The van der Waals surface area contributed by atoms with E-state index < -0.39 is 6.43 Å². The third-order valence-corrected chi connectivity index (χ3v) is 5.33. The lowest BCUT2D eigenvalue weighted by Gasteiger charge is -2.28. The predicted octanol–water partition coefficient (Wildman–Crippen LogP) is 2.39. The van der Waals surface area contributed by atoms with Gasteiger partial charge in [-0.25, -0.2) is 8.78 Å². The van der Waals surface area contributed by atoms with Gasteiger partial charge in [-0.2, -0.15) is 5.10 Å². The molecule has 0 spiro atoms. The Morgan fingerprint density at radius 1 is 1.31 bits per heavy atom. The first-order valence-electron chi connectivity index (χ1n) is 8.57. The fraction of sp³-hybridized carbons (Fsp3) is 0.444. The highest BCUT2D eigenvalue weighted by atomic mass is 19.3. The second-order valence-electron chi connectivity index (χ2n) is 6.77. The van der Waals surface area contributed by atoms with Gasteiger partial charge in [0.05, 0.1) is 13.2 Å². The molecule has 26 heavy (non-hydrogen) atoms. The lowest BCUT2D eigenvalue weighted by atomic mass is 9.89. The van der Waals surface area contributed by atoms with Crippen LogP contribution < -0.4 is 10.1 Å². The Morgan fingerprint density at radius 3 is 2.73 bits per heavy atom. The van der Waals surface area contributed by atoms with Crippen LogP contribution in [0, 0.1) is 11.8 Å². The van der Waals surface area contributed by atoms with Crippen molar-refractivity contribution < 1.29 is 18.3 Å². The average Bonchev–Trinajstić information content (AvgIpc) is 3.36. The first kappa shape index (κ1) is 17.0. The van der Waals surface area contributed by atoms with Crippen LogP contribution >= 0.6 is 0 Å². The van der Waals surface area contributed by atoms with Gasteiger partial charge in [-0.15, -0.1) is 0 Å². The number of benzene rings is 1. The zero-order valence-corrected chi connectivity index (χ0v) is 14.3. The molecule has 2 aliphatic rings. The van der Waals surface area contributed by atoms with Gasteiger partial charge in [0.25, 0.3) is 12.3 Å². The first-order valence-corrected chi connectivity index (χ1v) is 8.57. The minimum absolute atomic E-state index is 0.0340. The second kappa shape index (κ2) is 6.68. The summed E-state index contributed by atoms with van der Waals surface area (Å²) in [4.78, 5) is 14.7. The predicted molar refractivity (Wildman–Crippen MR) is 90.2 cm³/mol. The summed E-state index contributed by atoms with van der Waals surface area (Å²) in [6.07, 6.45) is -2.68. The Labute approximate surface area is 149 Å². The van der Waals surface area contributed by atoms with E-state index in [1.54, 1.807) is 12.0 Å². The third-order valence-electron chi connectivity index (χ3n) is 5.33. The number of carbonyl (C=O) groups excluding carboxylic acids is 1. The standard InChI is InChI=1S/C18H20F2N4O2/c1-26-12-4-2-10(3-5-12)16-13-8-21-7-11(13)9-24(16)18(25)15-6-14(17(19)20)22-23-15/h2-6,11,13,16-17,21H,7-9H2,1H3,(H,22,23)/t11-,13-,16-/m0/s1. The molecule has 1 aromatic heterocycles. The number of carbonyl (C=O) groups is 1. The number of nitrogens with one attached hydrogen (secondary N) is 2. The molecule has 0 saturated carbocycles. The van der Waals surface area contributed by atoms with Crippen LogP contribution in [0.3, 0.4) is 0 Å². The summed E-state index contributed by atoms with van der Waals surface area (Å²) >= 11 is 0. The van der Waals surface area contributed by atoms with Gasteiger partial charge in [-0.3, -0.25) is 9.89 Å². The van der Waals surface area contributed by atoms with E-state index in [1.807, 2.05) is 24.3 Å². The van der Waals surface area contributed by atoms with E-state index in [9.17, 15) is 13.6 Å². The summed E-state index contributed by atoms with van der Waals surface area (Å²) in [5.41, 5.74) is 0.710. The van der Waals surface area contributed by atoms with Crippen molar-refractivity contribution in [1.82, 2.24) is 20.4 Å². The number of rotatable bonds is 4. The Hall–Kier alpha value is -2.48. The molecule has 2 aliphatic heterocycles. The van der Waals surface area contributed by atoms with Gasteiger partial charge in [0.2, 0.25) is 0 Å². The monoisotopic (exact) mass is 362 g/mol. The molecule has 3 atom stereocenters. The summed E-state index contributed by atoms with van der Waals surface area (Å²) in [5.74, 6) is 1.07. The van der Waals surface area contributed by atoms with Gasteiger partial charge in [0.1, 0.15) is 11.4 Å². The number of fused-ring (bicyclic) bond motifs is 1. The molecule has 6 nitrogen and oxygen atoms in total. The Morgan fingerprint density at radius 2 is 2.08 bits per heavy atom. The van der Waals surface area contributed by atoms with Crippen LogP contribution in [0.1, 0.15) is 34.2 Å². The molecule has 138 valence electrons. The first-order chi connectivity index (χ1) is 12.6. The van der Waals surface area contributed by atoms with Gasteiger partial charge in [-0.05, 0) is 29.7 Å². The number of likely N-dealkylation sites (tertiary alicyclic amines) is 1. The smallest absolute Gasteiger partial charge is 0.279 e. The van der Waals surface area contributed by atoms with Crippen LogP contribution in [0.15, 0.2) is 30.3 Å². The topological polar surface area (TPSA) is 70.2 Å². The maximum absolute atomic E-state index is 13.0. The number of methoxy groups -OCH3 is 1. The van der Waals surface area contributed by atoms with Gasteiger partial charge in [-0.1, -0.05) is 12.1 Å². The van der Waals surface area contributed by atoms with Crippen molar-refractivity contribution in [2.45, 2.75) is 12.5 Å². The van der Waals surface area contributed by atoms with E-state index in [-0.39, 0.29) is 23.3 Å². The highest BCUT2D eigenvalue weighted by Crippen LogP contribution is 2.43. The minimum Gasteiger partial charge on any atom is -0.497 e. The number of halogens is 2. The molecule has 2 saturated heterocycles. The number of H-pyrrole nitrogens is 1. The van der Waals surface area contributed by atoms with Crippen LogP contribution in [0.4, 0.5) is 8.78 Å². The Kier molecular flexibility index (Phi) is 4.36. The van der Waals surface area contributed by atoms with Crippen LogP contribution in [0.25, 0.3) is 0 Å². The highest BCUT2D eigenvalue weighted by Gasteiger charge is 2.47. The zero-order valence-electron chi connectivity index (χ0n) is 14.3. The molecule has 1 aromatic carbocycles. The van der Waals surface area contributed by atoms with Crippen molar-refractivity contribution in [1.29, 1.82) is 0 Å². The average molecular weight is 362 g/mol. The van der Waals surface area contributed by atoms with E-state index in [4.69, 9.17) is 4.74 Å². The lowest BCUT2D eigenvalue weighted by Crippen LogP contribution is -2.34. The molecule has 0 unspecified atom stereocenters. The lowest BCUT2D eigenvalue weighted by molar-refractivity contribution is 0.0708. The molecule has 1 amide bonds. The van der Waals surface area contributed by atoms with Crippen molar-refractivity contribution >= 4 is 5.91 Å². The third kappa shape index (κ3) is 2.84. The molecule has 3 heterocycles. The van der Waals surface area contributed by atoms with Crippen LogP contribution in [-0.2, 0) is 0 Å². The number of hydrogen-bond acceptors (Lipinski definition) is 4. The van der Waals surface area contributed by atoms with Crippen molar-refractivity contribution in [3.05, 3.63) is 47.3 Å². The van der Waals surface area contributed by atoms with Gasteiger partial charge in [0, 0.05) is 25.6 Å². The van der Waals surface area contributed by atoms with Crippen LogP contribution in [0.2, 0.25) is 0 Å². The number of ether oxygens (including phenoxy) is 1. The summed E-state index contributed by atoms with van der Waals surface area (Å²) in [5, 5.41) is 9.43. The van der Waals surface area contributed by atoms with Crippen molar-refractivity contribution in [3.8, 4) is 5.75 Å². The van der Waals surface area contributed by atoms with E-state index in [0.29, 0.717) is 18.4 Å². The molecule has 2 aromatic rings. The molecular formula is C18H20F2N4O2. The molecule has 0 radical (unpaired) electrons. The fourth-order valence-corrected chi connectivity index (χ4v) is 4.06. The summed E-state index contributed by atoms with van der Waals surface area (Å²) < 4.78 is 30.8. The number of alkyl halides is 2. The Balaban J connectivity index is 1.65. The number of amides is 1. The normalized spacial score (nSPS) is 24.9. The van der Waals surface area contributed by atoms with E-state index in [2.05, 4.69) is 15.5 Å². The molecule has 2 fully saturated rings. The molecule has 0 aliphatic carbocycles. The summed E-state index contributed by atoms with van der Waals surface area (Å²) in [6, 6.07) is 8.69. The maximum atomic E-state index is 13.0. The minimum atomic E-state index is -2.68. The highest BCUT2D eigenvalue weighted by molar-refractivity contribution is 5.93. The maximum Gasteiger partial charge on any atom is 0.279 e. The number of aromatic nitrogens is 2. The SMILES string of the molecule is COc1ccc([C@H]2[C@H]3CNC[C@H]3CN2C(=O)c2cc(C(F)F)[nH]n2)cc1. The summed E-state index contributed by atoms with van der Waals surface area (Å²) in [7, 11) is 1.61. The quantitative estimate of drug-likeness (QED) is 0.876. The van der Waals surface area contributed by atoms with E-state index in [1.165, 1.54) is 0 Å². The molecule has 0 bridgehead atoms. The number of aromatic amines is 1. The molecule has 4 rings (SSSR count). The zero-order chi connectivity index (χ0) is 18.3. The van der Waals surface area contributed by atoms with Crippen molar-refractivity contribution in [2.24, 2.45) is 11.8 Å². The largest absolute Gasteiger partial charge is 0.497 e. The number of nitrogens with zero attached hydrogens (tertiary/aromatic N) is 2. The molecule has 8 heteroatoms. The van der Waals surface area contributed by atoms with E-state index >= 15 is 0 Å². The van der Waals surface area contributed by atoms with Crippen LogP contribution in [0.5, 0.6) is 5.75 Å². The second-order valence-corrected chi connectivity index (χ2v) is 6.77. The van der Waals surface area contributed by atoms with E-state index in [0.717, 1.165) is 30.5 Å². The molecular weight excluding hydrogens is 342 g/mol. The molecule has 2 N–H and O–H groups in total. The van der Waals surface area contributed by atoms with Crippen molar-refractivity contribution in [2.75, 3.05) is 26.7 Å².